The largest absolute Gasteiger partial charge is 0.547 e. The molecule has 0 aliphatic rings. The number of allylic oxidation sites excluding steroid dienone is 1. The Hall–Kier alpha value is -0.773. The van der Waals surface area contributed by atoms with Crippen LogP contribution in [0.1, 0.15) is 6.92 Å². The number of hydrogen-bond donors (Lipinski definition) is 0. The van der Waals surface area contributed by atoms with E-state index in [9.17, 15) is 4.79 Å². The van der Waals surface area contributed by atoms with E-state index < -0.39 is 8.32 Å². The van der Waals surface area contributed by atoms with Crippen LogP contribution < -0.4 is 0 Å². The summed E-state index contributed by atoms with van der Waals surface area (Å²) in [5.41, 5.74) is 0. The minimum Gasteiger partial charge on any atom is -0.547 e. The van der Waals surface area contributed by atoms with Gasteiger partial charge in [0.05, 0.1) is 18.9 Å². The Morgan fingerprint density at radius 3 is 2.17 bits per heavy atom. The molecular formula is C8H16O3Si. The van der Waals surface area contributed by atoms with Crippen LogP contribution in [0, 0.1) is 0 Å². The van der Waals surface area contributed by atoms with E-state index in [1.807, 2.05) is 0 Å². The van der Waals surface area contributed by atoms with Gasteiger partial charge in [-0.25, -0.2) is 4.79 Å². The fourth-order valence-electron chi connectivity index (χ4n) is 0.737. The quantitative estimate of drug-likeness (QED) is 0.294. The van der Waals surface area contributed by atoms with Gasteiger partial charge in [-0.15, -0.1) is 0 Å². The lowest BCUT2D eigenvalue weighted by Gasteiger charge is -2.18. The second kappa shape index (κ2) is 4.30. The van der Waals surface area contributed by atoms with E-state index >= 15 is 0 Å². The number of hydrogen-bond acceptors (Lipinski definition) is 3. The van der Waals surface area contributed by atoms with Gasteiger partial charge in [0.15, 0.2) is 0 Å². The van der Waals surface area contributed by atoms with Crippen molar-refractivity contribution in [3.05, 3.63) is 11.8 Å². The predicted molar refractivity (Wildman–Crippen MR) is 50.2 cm³/mol. The zero-order valence-corrected chi connectivity index (χ0v) is 9.30. The van der Waals surface area contributed by atoms with Gasteiger partial charge in [-0.05, 0) is 26.6 Å². The lowest BCUT2D eigenvalue weighted by molar-refractivity contribution is -0.135. The second-order valence-corrected chi connectivity index (χ2v) is 7.92. The standard InChI is InChI=1S/C8H16O3Si/c1-7(6-8(9)10-2)11-12(3,4)5/h6H,1-5H3. The van der Waals surface area contributed by atoms with Gasteiger partial charge in [-0.2, -0.15) is 0 Å². The van der Waals surface area contributed by atoms with Crippen LogP contribution in [0.4, 0.5) is 0 Å². The third-order valence-electron chi connectivity index (χ3n) is 0.989. The molecule has 0 amide bonds. The van der Waals surface area contributed by atoms with E-state index in [-0.39, 0.29) is 5.97 Å². The highest BCUT2D eigenvalue weighted by Crippen LogP contribution is 2.09. The number of ether oxygens (including phenoxy) is 1. The molecule has 0 aliphatic heterocycles. The summed E-state index contributed by atoms with van der Waals surface area (Å²) in [6.45, 7) is 7.93. The predicted octanol–water partition coefficient (Wildman–Crippen LogP) is 1.91. The molecule has 0 aromatic heterocycles. The molecule has 3 nitrogen and oxygen atoms in total. The van der Waals surface area contributed by atoms with Crippen LogP contribution in [0.15, 0.2) is 11.8 Å². The van der Waals surface area contributed by atoms with Crippen LogP contribution in [-0.2, 0) is 14.0 Å². The van der Waals surface area contributed by atoms with Crippen molar-refractivity contribution >= 4 is 14.3 Å². The number of carbonyl (C=O) groups excluding carboxylic acids is 1. The highest BCUT2D eigenvalue weighted by Gasteiger charge is 2.16. The summed E-state index contributed by atoms with van der Waals surface area (Å²) in [4.78, 5) is 10.7. The van der Waals surface area contributed by atoms with E-state index in [1.54, 1.807) is 6.92 Å². The molecule has 0 N–H and O–H groups in total. The molecule has 0 fully saturated rings. The van der Waals surface area contributed by atoms with Gasteiger partial charge in [0.1, 0.15) is 0 Å². The monoisotopic (exact) mass is 188 g/mol. The van der Waals surface area contributed by atoms with Crippen LogP contribution >= 0.6 is 0 Å². The first kappa shape index (κ1) is 11.2. The lowest BCUT2D eigenvalue weighted by atomic mass is 10.5. The van der Waals surface area contributed by atoms with E-state index in [4.69, 9.17) is 4.43 Å². The van der Waals surface area contributed by atoms with Crippen molar-refractivity contribution in [2.24, 2.45) is 0 Å². The van der Waals surface area contributed by atoms with Crippen molar-refractivity contribution in [2.45, 2.75) is 26.6 Å². The van der Waals surface area contributed by atoms with Gasteiger partial charge >= 0.3 is 5.97 Å². The summed E-state index contributed by atoms with van der Waals surface area (Å²) in [6, 6.07) is 0. The molecular weight excluding hydrogens is 172 g/mol. The minimum absolute atomic E-state index is 0.370. The lowest BCUT2D eigenvalue weighted by Crippen LogP contribution is -2.24. The number of methoxy groups -OCH3 is 1. The fourth-order valence-corrected chi connectivity index (χ4v) is 1.76. The molecule has 0 unspecified atom stereocenters. The van der Waals surface area contributed by atoms with Crippen molar-refractivity contribution in [1.82, 2.24) is 0 Å². The molecule has 0 spiro atoms. The highest BCUT2D eigenvalue weighted by molar-refractivity contribution is 6.70. The third-order valence-corrected chi connectivity index (χ3v) is 1.92. The van der Waals surface area contributed by atoms with E-state index in [2.05, 4.69) is 24.4 Å². The fraction of sp³-hybridized carbons (Fsp3) is 0.625. The summed E-state index contributed by atoms with van der Waals surface area (Å²) in [5, 5.41) is 0. The first-order valence-electron chi connectivity index (χ1n) is 3.80. The van der Waals surface area contributed by atoms with Crippen molar-refractivity contribution in [2.75, 3.05) is 7.11 Å². The maximum atomic E-state index is 10.7. The molecule has 0 saturated carbocycles. The molecule has 0 saturated heterocycles. The maximum Gasteiger partial charge on any atom is 0.333 e. The summed E-state index contributed by atoms with van der Waals surface area (Å²) < 4.78 is 9.96. The average Bonchev–Trinajstić information content (AvgIpc) is 1.82. The van der Waals surface area contributed by atoms with Gasteiger partial charge in [-0.3, -0.25) is 0 Å². The maximum absolute atomic E-state index is 10.7. The molecule has 0 aromatic rings. The van der Waals surface area contributed by atoms with Crippen LogP contribution in [0.2, 0.25) is 19.6 Å². The van der Waals surface area contributed by atoms with E-state index in [0.29, 0.717) is 5.76 Å². The molecule has 0 aromatic carbocycles. The summed E-state index contributed by atoms with van der Waals surface area (Å²) in [7, 11) is -0.228. The zero-order valence-electron chi connectivity index (χ0n) is 8.30. The molecule has 0 aliphatic carbocycles. The molecule has 0 heterocycles. The van der Waals surface area contributed by atoms with Gasteiger partial charge < -0.3 is 9.16 Å². The van der Waals surface area contributed by atoms with Crippen molar-refractivity contribution in [3.63, 3.8) is 0 Å². The second-order valence-electron chi connectivity index (χ2n) is 3.49. The van der Waals surface area contributed by atoms with Crippen molar-refractivity contribution < 1.29 is 14.0 Å². The van der Waals surface area contributed by atoms with Crippen LogP contribution in [-0.4, -0.2) is 21.4 Å². The van der Waals surface area contributed by atoms with Crippen molar-refractivity contribution in [1.29, 1.82) is 0 Å². The molecule has 0 radical (unpaired) electrons. The van der Waals surface area contributed by atoms with Crippen molar-refractivity contribution in [3.8, 4) is 0 Å². The Labute approximate surface area is 74.5 Å². The SMILES string of the molecule is COC(=O)C=C(C)O[Si](C)(C)C. The Balaban J connectivity index is 4.12. The topological polar surface area (TPSA) is 35.5 Å². The van der Waals surface area contributed by atoms with E-state index in [0.717, 1.165) is 0 Å². The normalized spacial score (nSPS) is 12.6. The van der Waals surface area contributed by atoms with E-state index in [1.165, 1.54) is 13.2 Å². The van der Waals surface area contributed by atoms with Gasteiger partial charge in [-0.1, -0.05) is 0 Å². The van der Waals surface area contributed by atoms with Crippen LogP contribution in [0.5, 0.6) is 0 Å². The molecule has 0 atom stereocenters. The van der Waals surface area contributed by atoms with Gasteiger partial charge in [0, 0.05) is 0 Å². The Bertz CT molecular complexity index is 191. The Morgan fingerprint density at radius 2 is 1.83 bits per heavy atom. The highest BCUT2D eigenvalue weighted by atomic mass is 28.4. The third kappa shape index (κ3) is 5.97. The van der Waals surface area contributed by atoms with Crippen LogP contribution in [0.25, 0.3) is 0 Å². The molecule has 70 valence electrons. The minimum atomic E-state index is -1.58. The van der Waals surface area contributed by atoms with Crippen LogP contribution in [0.3, 0.4) is 0 Å². The molecule has 0 rings (SSSR count). The first-order valence-corrected chi connectivity index (χ1v) is 7.21. The zero-order chi connectivity index (χ0) is 9.78. The first-order chi connectivity index (χ1) is 5.35. The Morgan fingerprint density at radius 1 is 1.33 bits per heavy atom. The number of rotatable bonds is 3. The summed E-state index contributed by atoms with van der Waals surface area (Å²) in [6.07, 6.45) is 1.36. The molecule has 4 heteroatoms. The summed E-state index contributed by atoms with van der Waals surface area (Å²) in [5.74, 6) is 0.256. The smallest absolute Gasteiger partial charge is 0.333 e. The molecule has 0 bridgehead atoms. The number of carbonyl (C=O) groups is 1. The molecule has 12 heavy (non-hydrogen) atoms. The van der Waals surface area contributed by atoms with Gasteiger partial charge in [0.25, 0.3) is 0 Å². The van der Waals surface area contributed by atoms with Gasteiger partial charge in [0.2, 0.25) is 8.32 Å². The average molecular weight is 188 g/mol. The summed E-state index contributed by atoms with van der Waals surface area (Å²) >= 11 is 0. The Kier molecular flexibility index (Phi) is 4.02. The number of esters is 1.